The fourth-order valence-electron chi connectivity index (χ4n) is 3.38. The normalized spacial score (nSPS) is 12.8. The third-order valence-corrected chi connectivity index (χ3v) is 6.38. The second-order valence-electron chi connectivity index (χ2n) is 7.70. The van der Waals surface area contributed by atoms with E-state index >= 15 is 0 Å². The summed E-state index contributed by atoms with van der Waals surface area (Å²) in [5.41, 5.74) is -7.08. The average molecular weight is 551 g/mol. The maximum atomic E-state index is 14.6. The molecule has 37 heavy (non-hydrogen) atoms. The lowest BCUT2D eigenvalue weighted by atomic mass is 9.90. The van der Waals surface area contributed by atoms with Crippen LogP contribution in [-0.2, 0) is 26.2 Å². The Morgan fingerprint density at radius 2 is 1.51 bits per heavy atom. The van der Waals surface area contributed by atoms with Gasteiger partial charge in [0.05, 0.1) is 5.75 Å². The van der Waals surface area contributed by atoms with Crippen LogP contribution in [0.25, 0.3) is 11.1 Å². The number of anilines is 1. The van der Waals surface area contributed by atoms with Gasteiger partial charge in [0.1, 0.15) is 11.6 Å². The van der Waals surface area contributed by atoms with E-state index in [9.17, 15) is 49.1 Å². The molecule has 3 aromatic rings. The Bertz CT molecular complexity index is 1370. The quantitative estimate of drug-likeness (QED) is 0.294. The number of carbonyl (C=O) groups excluding carboxylic acids is 1. The first kappa shape index (κ1) is 27.9. The zero-order valence-corrected chi connectivity index (χ0v) is 19.1. The molecular weight excluding hydrogens is 535 g/mol. The number of hydrogen-bond donors (Lipinski definition) is 2. The summed E-state index contributed by atoms with van der Waals surface area (Å²) in [6, 6.07) is 11.4. The van der Waals surface area contributed by atoms with Crippen LogP contribution in [0.2, 0.25) is 0 Å². The Kier molecular flexibility index (Phi) is 7.56. The van der Waals surface area contributed by atoms with Crippen molar-refractivity contribution >= 4 is 22.2 Å². The predicted octanol–water partition coefficient (Wildman–Crippen LogP) is 5.28. The van der Waals surface area contributed by atoms with Crippen molar-refractivity contribution in [3.63, 3.8) is 0 Å². The summed E-state index contributed by atoms with van der Waals surface area (Å²) in [5, 5.41) is 9.43. The molecule has 0 aliphatic rings. The highest BCUT2D eigenvalue weighted by molar-refractivity contribution is 7.91. The summed E-state index contributed by atoms with van der Waals surface area (Å²) in [5.74, 6) is -1.85. The average Bonchev–Trinajstić information content (AvgIpc) is 2.77. The van der Waals surface area contributed by atoms with Crippen LogP contribution in [0, 0.1) is 5.82 Å². The molecule has 0 bridgehead atoms. The summed E-state index contributed by atoms with van der Waals surface area (Å²) in [7, 11) is -3.96. The zero-order valence-electron chi connectivity index (χ0n) is 18.3. The number of rotatable bonds is 8. The fourth-order valence-corrected chi connectivity index (χ4v) is 4.57. The number of carbonyl (C=O) groups is 1. The fraction of sp³-hybridized carbons (Fsp3) is 0.174. The minimum Gasteiger partial charge on any atom is -0.429 e. The van der Waals surface area contributed by atoms with Gasteiger partial charge in [-0.25, -0.2) is 12.8 Å². The molecule has 0 heterocycles. The molecule has 0 atom stereocenters. The van der Waals surface area contributed by atoms with Gasteiger partial charge in [0.25, 0.3) is 12.1 Å². The van der Waals surface area contributed by atoms with Crippen LogP contribution < -0.4 is 9.46 Å². The third-order valence-electron chi connectivity index (χ3n) is 5.12. The first-order valence-corrected chi connectivity index (χ1v) is 11.7. The molecular formula is C23H16F7NO5S. The molecule has 0 aliphatic heterocycles. The van der Waals surface area contributed by atoms with Crippen LogP contribution in [0.1, 0.15) is 11.1 Å². The molecule has 14 heteroatoms. The van der Waals surface area contributed by atoms with Crippen LogP contribution in [0.4, 0.5) is 36.4 Å². The molecule has 0 aliphatic carbocycles. The van der Waals surface area contributed by atoms with E-state index in [1.807, 2.05) is 0 Å². The van der Waals surface area contributed by atoms with Crippen molar-refractivity contribution in [1.82, 2.24) is 0 Å². The molecule has 0 saturated heterocycles. The Morgan fingerprint density at radius 3 is 2.05 bits per heavy atom. The van der Waals surface area contributed by atoms with Crippen LogP contribution in [-0.4, -0.2) is 32.3 Å². The molecule has 0 unspecified atom stereocenters. The number of hydrogen-bond acceptors (Lipinski definition) is 5. The van der Waals surface area contributed by atoms with E-state index in [1.165, 1.54) is 48.5 Å². The van der Waals surface area contributed by atoms with Crippen molar-refractivity contribution in [3.05, 3.63) is 83.7 Å². The number of alkyl halides is 6. The molecule has 0 fully saturated rings. The van der Waals surface area contributed by atoms with Crippen LogP contribution in [0.5, 0.6) is 5.75 Å². The largest absolute Gasteiger partial charge is 0.430 e. The molecule has 0 spiro atoms. The number of aliphatic hydroxyl groups is 1. The second-order valence-corrected chi connectivity index (χ2v) is 9.42. The standard InChI is InChI=1S/C23H16F7NO5S/c24-20-11-16(21(33,22(25,26)27)23(28,29)30)6-9-19(20)15-4-7-17(8-5-15)31-37(34,35)12-14-2-1-3-18(10-14)36-13-32/h1-11,13,31,33H,12H2. The van der Waals surface area contributed by atoms with E-state index in [1.54, 1.807) is 0 Å². The topological polar surface area (TPSA) is 92.7 Å². The van der Waals surface area contributed by atoms with Crippen molar-refractivity contribution < 1.29 is 53.8 Å². The monoisotopic (exact) mass is 551 g/mol. The molecule has 3 rings (SSSR count). The predicted molar refractivity (Wildman–Crippen MR) is 117 cm³/mol. The molecule has 198 valence electrons. The van der Waals surface area contributed by atoms with E-state index in [2.05, 4.69) is 9.46 Å². The van der Waals surface area contributed by atoms with E-state index in [0.717, 1.165) is 0 Å². The molecule has 2 N–H and O–H groups in total. The molecule has 0 saturated carbocycles. The zero-order chi connectivity index (χ0) is 27.6. The van der Waals surface area contributed by atoms with Gasteiger partial charge in [-0.1, -0.05) is 36.4 Å². The lowest BCUT2D eigenvalue weighted by Crippen LogP contribution is -2.53. The van der Waals surface area contributed by atoms with Crippen molar-refractivity contribution in [2.45, 2.75) is 23.7 Å². The number of sulfonamides is 1. The van der Waals surface area contributed by atoms with Crippen LogP contribution >= 0.6 is 0 Å². The van der Waals surface area contributed by atoms with Gasteiger partial charge in [0, 0.05) is 16.8 Å². The Balaban J connectivity index is 1.82. The number of benzene rings is 3. The van der Waals surface area contributed by atoms with E-state index in [-0.39, 0.29) is 29.5 Å². The van der Waals surface area contributed by atoms with E-state index in [4.69, 9.17) is 0 Å². The molecule has 0 amide bonds. The summed E-state index contributed by atoms with van der Waals surface area (Å²) in [6.07, 6.45) is -12.3. The SMILES string of the molecule is O=COc1cccc(CS(=O)(=O)Nc2ccc(-c3ccc(C(O)(C(F)(F)F)C(F)(F)F)cc3F)cc2)c1. The third kappa shape index (κ3) is 6.02. The number of nitrogens with one attached hydrogen (secondary N) is 1. The van der Waals surface area contributed by atoms with Gasteiger partial charge >= 0.3 is 12.4 Å². The van der Waals surface area contributed by atoms with Gasteiger partial charge in [-0.05, 0) is 41.5 Å². The van der Waals surface area contributed by atoms with Gasteiger partial charge < -0.3 is 9.84 Å². The highest BCUT2D eigenvalue weighted by Crippen LogP contribution is 2.50. The van der Waals surface area contributed by atoms with E-state index < -0.39 is 50.7 Å². The van der Waals surface area contributed by atoms with Crippen LogP contribution in [0.15, 0.2) is 66.7 Å². The minimum atomic E-state index is -6.17. The minimum absolute atomic E-state index is 0.00766. The smallest absolute Gasteiger partial charge is 0.429 e. The van der Waals surface area contributed by atoms with Crippen molar-refractivity contribution in [3.8, 4) is 16.9 Å². The highest BCUT2D eigenvalue weighted by atomic mass is 32.2. The summed E-state index contributed by atoms with van der Waals surface area (Å²) >= 11 is 0. The Labute approximate surface area is 205 Å². The van der Waals surface area contributed by atoms with Crippen molar-refractivity contribution in [2.75, 3.05) is 4.72 Å². The highest BCUT2D eigenvalue weighted by Gasteiger charge is 2.71. The number of halogens is 7. The van der Waals surface area contributed by atoms with Gasteiger partial charge in [0.15, 0.2) is 0 Å². The molecule has 3 aromatic carbocycles. The maximum Gasteiger partial charge on any atom is 0.430 e. The summed E-state index contributed by atoms with van der Waals surface area (Å²) in [6.45, 7) is 0.177. The Morgan fingerprint density at radius 1 is 0.892 bits per heavy atom. The molecule has 0 aromatic heterocycles. The van der Waals surface area contributed by atoms with Gasteiger partial charge in [0.2, 0.25) is 10.0 Å². The van der Waals surface area contributed by atoms with Gasteiger partial charge in [-0.2, -0.15) is 26.3 Å². The first-order chi connectivity index (χ1) is 17.1. The lowest BCUT2D eigenvalue weighted by molar-refractivity contribution is -0.376. The van der Waals surface area contributed by atoms with Gasteiger partial charge in [-0.15, -0.1) is 0 Å². The van der Waals surface area contributed by atoms with Crippen molar-refractivity contribution in [2.24, 2.45) is 0 Å². The van der Waals surface area contributed by atoms with Crippen LogP contribution in [0.3, 0.4) is 0 Å². The second kappa shape index (κ2) is 10.0. The summed E-state index contributed by atoms with van der Waals surface area (Å²) in [4.78, 5) is 10.4. The number of ether oxygens (including phenoxy) is 1. The molecule has 6 nitrogen and oxygen atoms in total. The Hall–Kier alpha value is -3.65. The maximum absolute atomic E-state index is 14.6. The lowest BCUT2D eigenvalue weighted by Gasteiger charge is -2.32. The summed E-state index contributed by atoms with van der Waals surface area (Å²) < 4.78 is 125. The van der Waals surface area contributed by atoms with E-state index in [0.29, 0.717) is 17.7 Å². The first-order valence-electron chi connectivity index (χ1n) is 10.0. The molecule has 0 radical (unpaired) electrons. The van der Waals surface area contributed by atoms with Gasteiger partial charge in [-0.3, -0.25) is 9.52 Å². The van der Waals surface area contributed by atoms with Crippen molar-refractivity contribution in [1.29, 1.82) is 0 Å².